The van der Waals surface area contributed by atoms with Gasteiger partial charge in [0, 0.05) is 30.5 Å². The Bertz CT molecular complexity index is 440. The molecule has 2 atom stereocenters. The minimum atomic E-state index is 0.181. The van der Waals surface area contributed by atoms with Gasteiger partial charge in [-0.3, -0.25) is 4.79 Å². The van der Waals surface area contributed by atoms with Gasteiger partial charge >= 0.3 is 0 Å². The molecule has 2 heterocycles. The molecule has 2 unspecified atom stereocenters. The van der Waals surface area contributed by atoms with Crippen molar-refractivity contribution in [1.82, 2.24) is 15.6 Å². The van der Waals surface area contributed by atoms with Crippen LogP contribution in [0.3, 0.4) is 0 Å². The monoisotopic (exact) mass is 309 g/mol. The second-order valence-corrected chi connectivity index (χ2v) is 7.16. The third-order valence-electron chi connectivity index (χ3n) is 4.26. The molecule has 1 aromatic heterocycles. The average molecular weight is 309 g/mol. The first-order chi connectivity index (χ1) is 10.2. The Balaban J connectivity index is 1.64. The van der Waals surface area contributed by atoms with Crippen LogP contribution < -0.4 is 10.6 Å². The number of nitrogens with zero attached hydrogens (tertiary/aromatic N) is 1. The van der Waals surface area contributed by atoms with Gasteiger partial charge in [-0.05, 0) is 44.2 Å². The van der Waals surface area contributed by atoms with Crippen LogP contribution in [0.5, 0.6) is 0 Å². The van der Waals surface area contributed by atoms with Gasteiger partial charge in [0.15, 0.2) is 0 Å². The predicted molar refractivity (Wildman–Crippen MR) is 87.6 cm³/mol. The molecular weight excluding hydrogens is 282 g/mol. The lowest BCUT2D eigenvalue weighted by atomic mass is 9.85. The van der Waals surface area contributed by atoms with Crippen LogP contribution in [0.1, 0.15) is 43.0 Å². The molecule has 0 aliphatic carbocycles. The molecule has 1 fully saturated rings. The zero-order chi connectivity index (χ0) is 15.1. The van der Waals surface area contributed by atoms with E-state index in [1.54, 1.807) is 11.3 Å². The highest BCUT2D eigenvalue weighted by molar-refractivity contribution is 7.11. The number of rotatable bonds is 7. The maximum Gasteiger partial charge on any atom is 0.220 e. The molecule has 1 aliphatic heterocycles. The van der Waals surface area contributed by atoms with Crippen LogP contribution in [0.15, 0.2) is 6.20 Å². The van der Waals surface area contributed by atoms with Gasteiger partial charge in [0.05, 0.1) is 5.01 Å². The highest BCUT2D eigenvalue weighted by Gasteiger charge is 2.21. The van der Waals surface area contributed by atoms with E-state index in [0.717, 1.165) is 30.9 Å². The fourth-order valence-electron chi connectivity index (χ4n) is 2.83. The SMILES string of the molecule is CCc1cnc(CCNC(=O)CC(C)C2CCCNC2)s1. The van der Waals surface area contributed by atoms with Crippen molar-refractivity contribution in [2.75, 3.05) is 19.6 Å². The molecule has 118 valence electrons. The Morgan fingerprint density at radius 3 is 3.14 bits per heavy atom. The molecular formula is C16H27N3OS. The summed E-state index contributed by atoms with van der Waals surface area (Å²) in [6, 6.07) is 0. The van der Waals surface area contributed by atoms with E-state index in [4.69, 9.17) is 0 Å². The molecule has 2 N–H and O–H groups in total. The number of hydrogen-bond donors (Lipinski definition) is 2. The summed E-state index contributed by atoms with van der Waals surface area (Å²) in [4.78, 5) is 17.7. The molecule has 21 heavy (non-hydrogen) atoms. The molecule has 5 heteroatoms. The third kappa shape index (κ3) is 5.40. The van der Waals surface area contributed by atoms with Crippen molar-refractivity contribution < 1.29 is 4.79 Å². The number of thiazole rings is 1. The lowest BCUT2D eigenvalue weighted by Gasteiger charge is -2.28. The molecule has 0 bridgehead atoms. The number of nitrogens with one attached hydrogen (secondary N) is 2. The summed E-state index contributed by atoms with van der Waals surface area (Å²) >= 11 is 1.75. The van der Waals surface area contributed by atoms with Crippen LogP contribution in [0.4, 0.5) is 0 Å². The predicted octanol–water partition coefficient (Wildman–Crippen LogP) is 2.39. The molecule has 4 nitrogen and oxygen atoms in total. The van der Waals surface area contributed by atoms with Gasteiger partial charge in [-0.2, -0.15) is 0 Å². The molecule has 0 aromatic carbocycles. The summed E-state index contributed by atoms with van der Waals surface area (Å²) in [7, 11) is 0. The van der Waals surface area contributed by atoms with Gasteiger partial charge < -0.3 is 10.6 Å². The van der Waals surface area contributed by atoms with Gasteiger partial charge in [0.25, 0.3) is 0 Å². The Kier molecular flexibility index (Phi) is 6.64. The molecule has 2 rings (SSSR count). The quantitative estimate of drug-likeness (QED) is 0.813. The highest BCUT2D eigenvalue weighted by Crippen LogP contribution is 2.22. The van der Waals surface area contributed by atoms with Gasteiger partial charge in [-0.15, -0.1) is 11.3 Å². The van der Waals surface area contributed by atoms with E-state index < -0.39 is 0 Å². The summed E-state index contributed by atoms with van der Waals surface area (Å²) in [6.07, 6.45) is 6.96. The van der Waals surface area contributed by atoms with Crippen molar-refractivity contribution >= 4 is 17.2 Å². The van der Waals surface area contributed by atoms with E-state index in [0.29, 0.717) is 24.8 Å². The molecule has 0 saturated carbocycles. The maximum absolute atomic E-state index is 12.0. The van der Waals surface area contributed by atoms with Crippen LogP contribution in [0.2, 0.25) is 0 Å². The van der Waals surface area contributed by atoms with Crippen molar-refractivity contribution in [3.63, 3.8) is 0 Å². The first kappa shape index (κ1) is 16.4. The minimum absolute atomic E-state index is 0.181. The maximum atomic E-state index is 12.0. The molecule has 1 aromatic rings. The summed E-state index contributed by atoms with van der Waals surface area (Å²) < 4.78 is 0. The second-order valence-electron chi connectivity index (χ2n) is 5.96. The third-order valence-corrected chi connectivity index (χ3v) is 5.46. The summed E-state index contributed by atoms with van der Waals surface area (Å²) in [6.45, 7) is 7.23. The summed E-state index contributed by atoms with van der Waals surface area (Å²) in [5.74, 6) is 1.29. The van der Waals surface area contributed by atoms with Gasteiger partial charge in [0.1, 0.15) is 0 Å². The van der Waals surface area contributed by atoms with Gasteiger partial charge in [-0.1, -0.05) is 13.8 Å². The van der Waals surface area contributed by atoms with Gasteiger partial charge in [0.2, 0.25) is 5.91 Å². The largest absolute Gasteiger partial charge is 0.356 e. The second kappa shape index (κ2) is 8.49. The Morgan fingerprint density at radius 2 is 2.48 bits per heavy atom. The normalized spacial score (nSPS) is 20.2. The Morgan fingerprint density at radius 1 is 1.62 bits per heavy atom. The fraction of sp³-hybridized carbons (Fsp3) is 0.750. The number of aryl methyl sites for hydroxylation is 1. The number of carbonyl (C=O) groups is 1. The van der Waals surface area contributed by atoms with Crippen LogP contribution in [0, 0.1) is 11.8 Å². The van der Waals surface area contributed by atoms with Crippen molar-refractivity contribution in [1.29, 1.82) is 0 Å². The number of aromatic nitrogens is 1. The lowest BCUT2D eigenvalue weighted by Crippen LogP contribution is -2.36. The van der Waals surface area contributed by atoms with Crippen molar-refractivity contribution in [3.05, 3.63) is 16.1 Å². The number of amides is 1. The smallest absolute Gasteiger partial charge is 0.220 e. The zero-order valence-electron chi connectivity index (χ0n) is 13.2. The van der Waals surface area contributed by atoms with E-state index >= 15 is 0 Å². The fourth-order valence-corrected chi connectivity index (χ4v) is 3.69. The number of hydrogen-bond acceptors (Lipinski definition) is 4. The highest BCUT2D eigenvalue weighted by atomic mass is 32.1. The Labute approximate surface area is 131 Å². The van der Waals surface area contributed by atoms with Crippen molar-refractivity contribution in [3.8, 4) is 0 Å². The summed E-state index contributed by atoms with van der Waals surface area (Å²) in [5.41, 5.74) is 0. The number of piperidine rings is 1. The minimum Gasteiger partial charge on any atom is -0.356 e. The van der Waals surface area contributed by atoms with Crippen molar-refractivity contribution in [2.24, 2.45) is 11.8 Å². The lowest BCUT2D eigenvalue weighted by molar-refractivity contribution is -0.122. The van der Waals surface area contributed by atoms with Crippen LogP contribution in [-0.2, 0) is 17.6 Å². The summed E-state index contributed by atoms with van der Waals surface area (Å²) in [5, 5.41) is 7.58. The Hall–Kier alpha value is -0.940. The average Bonchev–Trinajstić information content (AvgIpc) is 2.96. The van der Waals surface area contributed by atoms with E-state index in [9.17, 15) is 4.79 Å². The van der Waals surface area contributed by atoms with E-state index in [-0.39, 0.29) is 5.91 Å². The van der Waals surface area contributed by atoms with Crippen LogP contribution in [-0.4, -0.2) is 30.5 Å². The molecule has 0 radical (unpaired) electrons. The van der Waals surface area contributed by atoms with Crippen LogP contribution in [0.25, 0.3) is 0 Å². The molecule has 0 spiro atoms. The van der Waals surface area contributed by atoms with E-state index in [2.05, 4.69) is 29.5 Å². The first-order valence-electron chi connectivity index (χ1n) is 8.10. The topological polar surface area (TPSA) is 54.0 Å². The van der Waals surface area contributed by atoms with Gasteiger partial charge in [-0.25, -0.2) is 4.98 Å². The first-order valence-corrected chi connectivity index (χ1v) is 8.91. The standard InChI is InChI=1S/C16H27N3OS/c1-3-14-11-19-16(21-14)6-8-18-15(20)9-12(2)13-5-4-7-17-10-13/h11-13,17H,3-10H2,1-2H3,(H,18,20). The van der Waals surface area contributed by atoms with E-state index in [1.165, 1.54) is 17.7 Å². The molecule has 1 aliphatic rings. The van der Waals surface area contributed by atoms with E-state index in [1.807, 2.05) is 6.20 Å². The van der Waals surface area contributed by atoms with Crippen LogP contribution >= 0.6 is 11.3 Å². The molecule has 1 saturated heterocycles. The molecule has 1 amide bonds. The zero-order valence-corrected chi connectivity index (χ0v) is 14.0. The van der Waals surface area contributed by atoms with Crippen molar-refractivity contribution in [2.45, 2.75) is 46.0 Å². The number of carbonyl (C=O) groups excluding carboxylic acids is 1.